The number of nitrogen functional groups attached to an aromatic ring is 1. The van der Waals surface area contributed by atoms with E-state index in [1.54, 1.807) is 6.20 Å². The van der Waals surface area contributed by atoms with E-state index in [4.69, 9.17) is 5.73 Å². The molecule has 1 aromatic heterocycles. The van der Waals surface area contributed by atoms with Gasteiger partial charge in [0, 0.05) is 15.3 Å². The molecule has 2 N–H and O–H groups in total. The highest BCUT2D eigenvalue weighted by atomic mass is 127. The molecule has 0 aliphatic heterocycles. The van der Waals surface area contributed by atoms with E-state index in [0.29, 0.717) is 5.82 Å². The van der Waals surface area contributed by atoms with Gasteiger partial charge in [0.25, 0.3) is 0 Å². The van der Waals surface area contributed by atoms with Crippen LogP contribution in [-0.2, 0) is 5.41 Å². The van der Waals surface area contributed by atoms with Crippen LogP contribution in [0.15, 0.2) is 12.3 Å². The molecule has 0 bridgehead atoms. The van der Waals surface area contributed by atoms with E-state index in [2.05, 4.69) is 54.4 Å². The number of pyridine rings is 1. The Balaban J connectivity index is 3.23. The van der Waals surface area contributed by atoms with E-state index in [9.17, 15) is 0 Å². The molecule has 0 saturated carbocycles. The summed E-state index contributed by atoms with van der Waals surface area (Å²) in [7, 11) is 0. The van der Waals surface area contributed by atoms with E-state index in [1.165, 1.54) is 0 Å². The van der Waals surface area contributed by atoms with Gasteiger partial charge in [0.1, 0.15) is 5.82 Å². The normalized spacial score (nSPS) is 11.7. The maximum atomic E-state index is 5.76. The first-order chi connectivity index (χ1) is 5.41. The Bertz CT molecular complexity index is 289. The van der Waals surface area contributed by atoms with E-state index < -0.39 is 0 Å². The van der Waals surface area contributed by atoms with Gasteiger partial charge in [0.05, 0.1) is 0 Å². The van der Waals surface area contributed by atoms with Crippen LogP contribution in [0.2, 0.25) is 0 Å². The molecule has 0 aromatic carbocycles. The molecule has 0 saturated heterocycles. The summed E-state index contributed by atoms with van der Waals surface area (Å²) in [5.74, 6) is 0.642. The van der Waals surface area contributed by atoms with Gasteiger partial charge in [-0.15, -0.1) is 0 Å². The molecule has 0 atom stereocenters. The molecular formula is C9H13IN2. The van der Waals surface area contributed by atoms with Crippen LogP contribution in [-0.4, -0.2) is 4.98 Å². The van der Waals surface area contributed by atoms with Crippen molar-refractivity contribution < 1.29 is 0 Å². The summed E-state index contributed by atoms with van der Waals surface area (Å²) in [6.07, 6.45) is 1.78. The van der Waals surface area contributed by atoms with Crippen LogP contribution in [0.4, 0.5) is 5.82 Å². The van der Waals surface area contributed by atoms with Gasteiger partial charge in [-0.3, -0.25) is 0 Å². The average Bonchev–Trinajstić information content (AvgIpc) is 1.92. The molecule has 2 nitrogen and oxygen atoms in total. The van der Waals surface area contributed by atoms with Crippen molar-refractivity contribution in [3.05, 3.63) is 21.4 Å². The predicted octanol–water partition coefficient (Wildman–Crippen LogP) is 2.57. The lowest BCUT2D eigenvalue weighted by atomic mass is 9.87. The fourth-order valence-electron chi connectivity index (χ4n) is 1.05. The van der Waals surface area contributed by atoms with Crippen molar-refractivity contribution in [1.29, 1.82) is 0 Å². The van der Waals surface area contributed by atoms with Crippen molar-refractivity contribution in [2.45, 2.75) is 26.2 Å². The molecule has 0 radical (unpaired) electrons. The Kier molecular flexibility index (Phi) is 2.61. The number of hydrogen-bond donors (Lipinski definition) is 1. The molecule has 0 amide bonds. The number of nitrogens with two attached hydrogens (primary N) is 1. The van der Waals surface area contributed by atoms with Gasteiger partial charge in [0.2, 0.25) is 0 Å². The predicted molar refractivity (Wildman–Crippen MR) is 60.1 cm³/mol. The van der Waals surface area contributed by atoms with Crippen LogP contribution in [0.3, 0.4) is 0 Å². The molecule has 12 heavy (non-hydrogen) atoms. The number of anilines is 1. The zero-order chi connectivity index (χ0) is 9.35. The molecule has 0 aliphatic rings. The monoisotopic (exact) mass is 276 g/mol. The Morgan fingerprint density at radius 3 is 2.42 bits per heavy atom. The smallest absolute Gasteiger partial charge is 0.127 e. The minimum Gasteiger partial charge on any atom is -0.383 e. The first-order valence-electron chi connectivity index (χ1n) is 3.83. The first kappa shape index (κ1) is 9.77. The van der Waals surface area contributed by atoms with Gasteiger partial charge >= 0.3 is 0 Å². The van der Waals surface area contributed by atoms with Gasteiger partial charge < -0.3 is 5.73 Å². The lowest BCUT2D eigenvalue weighted by molar-refractivity contribution is 0.590. The number of hydrogen-bond acceptors (Lipinski definition) is 2. The van der Waals surface area contributed by atoms with Gasteiger partial charge in [-0.1, -0.05) is 20.8 Å². The third-order valence-corrected chi connectivity index (χ3v) is 2.28. The third kappa shape index (κ3) is 2.09. The van der Waals surface area contributed by atoms with Crippen LogP contribution in [0.1, 0.15) is 26.3 Å². The Morgan fingerprint density at radius 2 is 2.00 bits per heavy atom. The quantitative estimate of drug-likeness (QED) is 0.740. The van der Waals surface area contributed by atoms with Crippen molar-refractivity contribution >= 4 is 28.4 Å². The number of nitrogens with zero attached hydrogens (tertiary/aromatic N) is 1. The van der Waals surface area contributed by atoms with E-state index in [-0.39, 0.29) is 5.41 Å². The van der Waals surface area contributed by atoms with Crippen molar-refractivity contribution in [3.63, 3.8) is 0 Å². The van der Waals surface area contributed by atoms with Crippen molar-refractivity contribution in [1.82, 2.24) is 4.98 Å². The number of aromatic nitrogens is 1. The van der Waals surface area contributed by atoms with Crippen LogP contribution < -0.4 is 5.73 Å². The second kappa shape index (κ2) is 3.20. The third-order valence-electron chi connectivity index (χ3n) is 1.69. The Labute approximate surface area is 86.7 Å². The molecular weight excluding hydrogens is 263 g/mol. The summed E-state index contributed by atoms with van der Waals surface area (Å²) in [6, 6.07) is 2.09. The second-order valence-corrected chi connectivity index (χ2v) is 5.08. The van der Waals surface area contributed by atoms with Crippen LogP contribution in [0.5, 0.6) is 0 Å². The van der Waals surface area contributed by atoms with E-state index in [0.717, 1.165) is 9.13 Å². The summed E-state index contributed by atoms with van der Waals surface area (Å²) in [6.45, 7) is 6.41. The lowest BCUT2D eigenvalue weighted by Crippen LogP contribution is -2.15. The van der Waals surface area contributed by atoms with Crippen molar-refractivity contribution in [3.8, 4) is 0 Å². The Hall–Kier alpha value is -0.320. The standard InChI is InChI=1S/C9H13IN2/c1-9(2,3)7-4-6(10)5-12-8(7)11/h4-5H,1-3H3,(H2,11,12). The maximum Gasteiger partial charge on any atom is 0.127 e. The maximum absolute atomic E-state index is 5.76. The lowest BCUT2D eigenvalue weighted by Gasteiger charge is -2.20. The number of halogens is 1. The molecule has 66 valence electrons. The van der Waals surface area contributed by atoms with Crippen LogP contribution in [0, 0.1) is 3.57 Å². The Morgan fingerprint density at radius 1 is 1.42 bits per heavy atom. The summed E-state index contributed by atoms with van der Waals surface area (Å²) in [5.41, 5.74) is 6.96. The minimum absolute atomic E-state index is 0.0816. The van der Waals surface area contributed by atoms with Crippen LogP contribution in [0.25, 0.3) is 0 Å². The van der Waals surface area contributed by atoms with Gasteiger partial charge in [-0.05, 0) is 34.1 Å². The zero-order valence-corrected chi connectivity index (χ0v) is 9.71. The molecule has 1 heterocycles. The summed E-state index contributed by atoms with van der Waals surface area (Å²) in [5, 5.41) is 0. The van der Waals surface area contributed by atoms with Gasteiger partial charge in [-0.25, -0.2) is 4.98 Å². The molecule has 0 spiro atoms. The van der Waals surface area contributed by atoms with Crippen LogP contribution >= 0.6 is 22.6 Å². The average molecular weight is 276 g/mol. The molecule has 0 fully saturated rings. The molecule has 3 heteroatoms. The van der Waals surface area contributed by atoms with Crippen molar-refractivity contribution in [2.24, 2.45) is 0 Å². The summed E-state index contributed by atoms with van der Waals surface area (Å²) < 4.78 is 1.13. The molecule has 0 unspecified atom stereocenters. The SMILES string of the molecule is CC(C)(C)c1cc(I)cnc1N. The molecule has 1 aromatic rings. The highest BCUT2D eigenvalue weighted by molar-refractivity contribution is 14.1. The molecule has 1 rings (SSSR count). The largest absolute Gasteiger partial charge is 0.383 e. The molecule has 0 aliphatic carbocycles. The summed E-state index contributed by atoms with van der Waals surface area (Å²) in [4.78, 5) is 4.12. The van der Waals surface area contributed by atoms with Crippen molar-refractivity contribution in [2.75, 3.05) is 5.73 Å². The van der Waals surface area contributed by atoms with Gasteiger partial charge in [0.15, 0.2) is 0 Å². The van der Waals surface area contributed by atoms with E-state index in [1.807, 2.05) is 0 Å². The topological polar surface area (TPSA) is 38.9 Å². The zero-order valence-electron chi connectivity index (χ0n) is 7.56. The highest BCUT2D eigenvalue weighted by Gasteiger charge is 2.17. The highest BCUT2D eigenvalue weighted by Crippen LogP contribution is 2.27. The van der Waals surface area contributed by atoms with Gasteiger partial charge in [-0.2, -0.15) is 0 Å². The number of rotatable bonds is 0. The second-order valence-electron chi connectivity index (χ2n) is 3.84. The summed E-state index contributed by atoms with van der Waals surface area (Å²) >= 11 is 2.24. The first-order valence-corrected chi connectivity index (χ1v) is 4.90. The fourth-order valence-corrected chi connectivity index (χ4v) is 1.50. The van der Waals surface area contributed by atoms with E-state index >= 15 is 0 Å². The minimum atomic E-state index is 0.0816. The fraction of sp³-hybridized carbons (Fsp3) is 0.444.